The molecule has 3 aromatic rings. The lowest BCUT2D eigenvalue weighted by Gasteiger charge is -2.26. The number of hydrogen-bond donors (Lipinski definition) is 2. The van der Waals surface area contributed by atoms with Crippen LogP contribution in [0.2, 0.25) is 5.02 Å². The molecule has 0 unspecified atom stereocenters. The number of carbonyl (C=O) groups excluding carboxylic acids is 1. The van der Waals surface area contributed by atoms with Gasteiger partial charge in [-0.05, 0) is 87.5 Å². The summed E-state index contributed by atoms with van der Waals surface area (Å²) in [4.78, 5) is 20.4. The number of nitrogens with zero attached hydrogens (tertiary/aromatic N) is 2. The van der Waals surface area contributed by atoms with Crippen LogP contribution in [0.4, 0.5) is 0 Å². The fourth-order valence-electron chi connectivity index (χ4n) is 5.03. The van der Waals surface area contributed by atoms with E-state index in [0.717, 1.165) is 61.2 Å². The van der Waals surface area contributed by atoms with Crippen molar-refractivity contribution in [1.29, 1.82) is 0 Å². The van der Waals surface area contributed by atoms with Gasteiger partial charge < -0.3 is 20.1 Å². The van der Waals surface area contributed by atoms with Gasteiger partial charge in [0.05, 0.1) is 23.4 Å². The Labute approximate surface area is 237 Å². The maximum absolute atomic E-state index is 13.2. The number of nitrogens with one attached hydrogen (secondary N) is 1. The standard InChI is InChI=1S/C32H40ClN3O3/c1-4-22-9-6-7-10-26(22)27-16-18-29(32(38)34-24-12-14-25(37)15-13-24)35-31(27)23-11-17-28(33)30(21-23)39-20-8-19-36(3)5-2/h6-7,9-11,16-18,21,24-25,37H,4-5,8,12-15,19-20H2,1-3H3,(H,34,38). The Balaban J connectivity index is 1.66. The number of carbonyl (C=O) groups is 1. The molecular weight excluding hydrogens is 510 g/mol. The minimum atomic E-state index is -0.269. The molecule has 6 nitrogen and oxygen atoms in total. The van der Waals surface area contributed by atoms with Crippen LogP contribution in [0.3, 0.4) is 0 Å². The summed E-state index contributed by atoms with van der Waals surface area (Å²) in [5.74, 6) is 0.416. The summed E-state index contributed by atoms with van der Waals surface area (Å²) in [5.41, 5.74) is 5.20. The topological polar surface area (TPSA) is 74.7 Å². The Bertz CT molecular complexity index is 1260. The van der Waals surface area contributed by atoms with Gasteiger partial charge in [-0.3, -0.25) is 4.79 Å². The zero-order valence-electron chi connectivity index (χ0n) is 23.3. The Morgan fingerprint density at radius 1 is 1.08 bits per heavy atom. The van der Waals surface area contributed by atoms with E-state index in [0.29, 0.717) is 35.9 Å². The molecule has 4 rings (SSSR count). The molecular formula is C32H40ClN3O3. The first kappa shape index (κ1) is 29.1. The molecule has 208 valence electrons. The van der Waals surface area contributed by atoms with E-state index in [2.05, 4.69) is 43.2 Å². The molecule has 7 heteroatoms. The van der Waals surface area contributed by atoms with Crippen LogP contribution < -0.4 is 10.1 Å². The predicted octanol–water partition coefficient (Wildman–Crippen LogP) is 6.39. The summed E-state index contributed by atoms with van der Waals surface area (Å²) >= 11 is 6.52. The maximum Gasteiger partial charge on any atom is 0.270 e. The van der Waals surface area contributed by atoms with Gasteiger partial charge in [-0.2, -0.15) is 0 Å². The van der Waals surface area contributed by atoms with Crippen LogP contribution in [0.1, 0.15) is 62.0 Å². The first-order valence-corrected chi connectivity index (χ1v) is 14.5. The number of rotatable bonds is 11. The highest BCUT2D eigenvalue weighted by molar-refractivity contribution is 6.32. The summed E-state index contributed by atoms with van der Waals surface area (Å²) in [6, 6.07) is 17.8. The third kappa shape index (κ3) is 7.59. The quantitative estimate of drug-likeness (QED) is 0.271. The second-order valence-corrected chi connectivity index (χ2v) is 10.7. The Morgan fingerprint density at radius 3 is 2.59 bits per heavy atom. The highest BCUT2D eigenvalue weighted by Gasteiger charge is 2.23. The number of ether oxygens (including phenoxy) is 1. The predicted molar refractivity (Wildman–Crippen MR) is 159 cm³/mol. The largest absolute Gasteiger partial charge is 0.492 e. The molecule has 1 amide bonds. The van der Waals surface area contributed by atoms with E-state index < -0.39 is 0 Å². The van der Waals surface area contributed by atoms with Crippen LogP contribution in [-0.2, 0) is 6.42 Å². The van der Waals surface area contributed by atoms with Crippen LogP contribution in [0.25, 0.3) is 22.4 Å². The second-order valence-electron chi connectivity index (χ2n) is 10.3. The Morgan fingerprint density at radius 2 is 1.85 bits per heavy atom. The minimum Gasteiger partial charge on any atom is -0.492 e. The molecule has 39 heavy (non-hydrogen) atoms. The summed E-state index contributed by atoms with van der Waals surface area (Å²) in [6.45, 7) is 6.78. The number of aliphatic hydroxyl groups is 1. The zero-order chi connectivity index (χ0) is 27.8. The van der Waals surface area contributed by atoms with E-state index in [1.54, 1.807) is 6.07 Å². The Kier molecular flexibility index (Phi) is 10.4. The number of aliphatic hydroxyl groups excluding tert-OH is 1. The Hall–Kier alpha value is -2.93. The summed E-state index contributed by atoms with van der Waals surface area (Å²) < 4.78 is 6.09. The van der Waals surface area contributed by atoms with Gasteiger partial charge in [0.1, 0.15) is 11.4 Å². The maximum atomic E-state index is 13.2. The van der Waals surface area contributed by atoms with Crippen LogP contribution in [0.15, 0.2) is 54.6 Å². The molecule has 1 fully saturated rings. The molecule has 1 aliphatic carbocycles. The van der Waals surface area contributed by atoms with Gasteiger partial charge in [-0.1, -0.05) is 55.8 Å². The summed E-state index contributed by atoms with van der Waals surface area (Å²) in [5, 5.41) is 13.5. The van der Waals surface area contributed by atoms with E-state index in [4.69, 9.17) is 21.3 Å². The van der Waals surface area contributed by atoms with Gasteiger partial charge in [0, 0.05) is 23.7 Å². The lowest BCUT2D eigenvalue weighted by Crippen LogP contribution is -2.38. The van der Waals surface area contributed by atoms with Crippen LogP contribution in [0, 0.1) is 0 Å². The first-order valence-electron chi connectivity index (χ1n) is 14.1. The smallest absolute Gasteiger partial charge is 0.270 e. The SMILES string of the molecule is CCc1ccccc1-c1ccc(C(=O)NC2CCC(O)CC2)nc1-c1ccc(Cl)c(OCCCN(C)CC)c1. The number of halogens is 1. The van der Waals surface area contributed by atoms with Crippen LogP contribution in [-0.4, -0.2) is 59.8 Å². The van der Waals surface area contributed by atoms with Gasteiger partial charge >= 0.3 is 0 Å². The van der Waals surface area contributed by atoms with Crippen molar-refractivity contribution < 1.29 is 14.6 Å². The molecule has 1 heterocycles. The van der Waals surface area contributed by atoms with Gasteiger partial charge in [-0.25, -0.2) is 4.98 Å². The van der Waals surface area contributed by atoms with Crippen LogP contribution >= 0.6 is 11.6 Å². The first-order chi connectivity index (χ1) is 18.9. The number of pyridine rings is 1. The molecule has 0 spiro atoms. The van der Waals surface area contributed by atoms with Gasteiger partial charge in [-0.15, -0.1) is 0 Å². The van der Waals surface area contributed by atoms with Gasteiger partial charge in [0.25, 0.3) is 5.91 Å². The summed E-state index contributed by atoms with van der Waals surface area (Å²) in [7, 11) is 2.09. The number of benzene rings is 2. The monoisotopic (exact) mass is 549 g/mol. The van der Waals surface area contributed by atoms with Crippen molar-refractivity contribution in [2.45, 2.75) is 64.5 Å². The molecule has 2 N–H and O–H groups in total. The molecule has 1 aromatic heterocycles. The van der Waals surface area contributed by atoms with Crippen molar-refractivity contribution >= 4 is 17.5 Å². The lowest BCUT2D eigenvalue weighted by atomic mass is 9.92. The van der Waals surface area contributed by atoms with E-state index in [-0.39, 0.29) is 18.1 Å². The third-order valence-electron chi connectivity index (χ3n) is 7.53. The van der Waals surface area contributed by atoms with Crippen molar-refractivity contribution in [2.24, 2.45) is 0 Å². The molecule has 1 aliphatic rings. The number of amides is 1. The minimum absolute atomic E-state index is 0.0499. The summed E-state index contributed by atoms with van der Waals surface area (Å²) in [6.07, 6.45) is 4.46. The molecule has 1 saturated carbocycles. The lowest BCUT2D eigenvalue weighted by molar-refractivity contribution is 0.0863. The van der Waals surface area contributed by atoms with Crippen molar-refractivity contribution in [3.05, 3.63) is 70.9 Å². The molecule has 0 aliphatic heterocycles. The molecule has 0 saturated heterocycles. The van der Waals surface area contributed by atoms with Crippen molar-refractivity contribution in [3.8, 4) is 28.1 Å². The highest BCUT2D eigenvalue weighted by Crippen LogP contribution is 2.37. The highest BCUT2D eigenvalue weighted by atomic mass is 35.5. The van der Waals surface area contributed by atoms with E-state index in [1.807, 2.05) is 36.4 Å². The second kappa shape index (κ2) is 13.9. The third-order valence-corrected chi connectivity index (χ3v) is 7.85. The fourth-order valence-corrected chi connectivity index (χ4v) is 5.20. The number of hydrogen-bond acceptors (Lipinski definition) is 5. The van der Waals surface area contributed by atoms with Crippen molar-refractivity contribution in [1.82, 2.24) is 15.2 Å². The van der Waals surface area contributed by atoms with E-state index in [1.165, 1.54) is 5.56 Å². The van der Waals surface area contributed by atoms with Gasteiger partial charge in [0.2, 0.25) is 0 Å². The molecule has 2 aromatic carbocycles. The zero-order valence-corrected chi connectivity index (χ0v) is 24.0. The van der Waals surface area contributed by atoms with Crippen molar-refractivity contribution in [2.75, 3.05) is 26.7 Å². The fraction of sp³-hybridized carbons (Fsp3) is 0.438. The van der Waals surface area contributed by atoms with E-state index in [9.17, 15) is 9.90 Å². The van der Waals surface area contributed by atoms with Gasteiger partial charge in [0.15, 0.2) is 0 Å². The van der Waals surface area contributed by atoms with E-state index >= 15 is 0 Å². The number of aromatic nitrogens is 1. The average molecular weight is 550 g/mol. The normalized spacial score (nSPS) is 17.3. The molecule has 0 radical (unpaired) electrons. The molecule has 0 bridgehead atoms. The van der Waals surface area contributed by atoms with Crippen LogP contribution in [0.5, 0.6) is 5.75 Å². The van der Waals surface area contributed by atoms with Crippen molar-refractivity contribution in [3.63, 3.8) is 0 Å². The molecule has 0 atom stereocenters. The number of aryl methyl sites for hydroxylation is 1. The average Bonchev–Trinajstić information content (AvgIpc) is 2.96.